The Kier molecular flexibility index (Phi) is 15.3. The van der Waals surface area contributed by atoms with E-state index in [2.05, 4.69) is 13.8 Å². The van der Waals surface area contributed by atoms with Gasteiger partial charge in [0.15, 0.2) is 0 Å². The molecule has 0 amide bonds. The molecule has 140 valence electrons. The van der Waals surface area contributed by atoms with Gasteiger partial charge in [-0.3, -0.25) is 0 Å². The minimum atomic E-state index is -0.500. The summed E-state index contributed by atoms with van der Waals surface area (Å²) in [6.07, 6.45) is 15.0. The van der Waals surface area contributed by atoms with Crippen molar-refractivity contribution in [3.63, 3.8) is 0 Å². The van der Waals surface area contributed by atoms with Crippen molar-refractivity contribution in [2.45, 2.75) is 109 Å². The first kappa shape index (κ1) is 22.9. The summed E-state index contributed by atoms with van der Waals surface area (Å²) < 4.78 is 0. The lowest BCUT2D eigenvalue weighted by Gasteiger charge is -2.35. The van der Waals surface area contributed by atoms with Crippen molar-refractivity contribution in [1.29, 1.82) is 0 Å². The zero-order valence-corrected chi connectivity index (χ0v) is 15.7. The fourth-order valence-corrected chi connectivity index (χ4v) is 3.36. The van der Waals surface area contributed by atoms with E-state index in [-0.39, 0.29) is 6.61 Å². The third-order valence-electron chi connectivity index (χ3n) is 5.19. The van der Waals surface area contributed by atoms with E-state index in [9.17, 15) is 5.11 Å². The van der Waals surface area contributed by atoms with Gasteiger partial charge in [0.05, 0.1) is 5.60 Å². The summed E-state index contributed by atoms with van der Waals surface area (Å²) in [6.45, 7) is 5.00. The van der Waals surface area contributed by atoms with Gasteiger partial charge in [-0.1, -0.05) is 71.6 Å². The second-order valence-electron chi connectivity index (χ2n) is 7.28. The Labute approximate surface area is 144 Å². The molecule has 0 aliphatic carbocycles. The van der Waals surface area contributed by atoms with Gasteiger partial charge in [0, 0.05) is 13.2 Å². The molecule has 0 bridgehead atoms. The molecule has 3 N–H and O–H groups in total. The van der Waals surface area contributed by atoms with Crippen molar-refractivity contribution >= 4 is 0 Å². The topological polar surface area (TPSA) is 60.7 Å². The Morgan fingerprint density at radius 1 is 0.696 bits per heavy atom. The number of hydrogen-bond donors (Lipinski definition) is 3. The molecule has 0 saturated carbocycles. The van der Waals surface area contributed by atoms with Crippen molar-refractivity contribution in [2.75, 3.05) is 13.2 Å². The molecule has 0 aliphatic rings. The SMILES string of the molecule is CCCCC(O)(CCCCCCO)C(C)CCCCCCCO. The van der Waals surface area contributed by atoms with E-state index in [0.717, 1.165) is 70.6 Å². The Hall–Kier alpha value is -0.120. The Morgan fingerprint density at radius 2 is 1.17 bits per heavy atom. The highest BCUT2D eigenvalue weighted by Gasteiger charge is 2.31. The molecule has 3 heteroatoms. The molecule has 2 atom stereocenters. The zero-order valence-electron chi connectivity index (χ0n) is 15.7. The van der Waals surface area contributed by atoms with Crippen molar-refractivity contribution in [3.05, 3.63) is 0 Å². The molecule has 0 aromatic carbocycles. The maximum Gasteiger partial charge on any atom is 0.0673 e. The van der Waals surface area contributed by atoms with E-state index >= 15 is 0 Å². The van der Waals surface area contributed by atoms with E-state index in [1.807, 2.05) is 0 Å². The van der Waals surface area contributed by atoms with E-state index in [1.165, 1.54) is 19.3 Å². The Balaban J connectivity index is 4.10. The lowest BCUT2D eigenvalue weighted by atomic mass is 9.77. The van der Waals surface area contributed by atoms with Crippen LogP contribution in [0.25, 0.3) is 0 Å². The molecule has 0 aromatic rings. The minimum Gasteiger partial charge on any atom is -0.396 e. The van der Waals surface area contributed by atoms with Crippen LogP contribution in [0.4, 0.5) is 0 Å². The molecule has 0 aliphatic heterocycles. The van der Waals surface area contributed by atoms with Gasteiger partial charge in [0.1, 0.15) is 0 Å². The molecule has 0 rings (SSSR count). The van der Waals surface area contributed by atoms with Crippen LogP contribution < -0.4 is 0 Å². The van der Waals surface area contributed by atoms with Crippen molar-refractivity contribution in [1.82, 2.24) is 0 Å². The first-order valence-corrected chi connectivity index (χ1v) is 10.0. The zero-order chi connectivity index (χ0) is 17.4. The first-order valence-electron chi connectivity index (χ1n) is 10.0. The number of aliphatic hydroxyl groups is 3. The molecule has 0 radical (unpaired) electrons. The molecule has 0 heterocycles. The first-order chi connectivity index (χ1) is 11.1. The third-order valence-corrected chi connectivity index (χ3v) is 5.19. The van der Waals surface area contributed by atoms with E-state index in [4.69, 9.17) is 10.2 Å². The van der Waals surface area contributed by atoms with Gasteiger partial charge < -0.3 is 15.3 Å². The molecule has 23 heavy (non-hydrogen) atoms. The summed E-state index contributed by atoms with van der Waals surface area (Å²) in [5.41, 5.74) is -0.500. The predicted octanol–water partition coefficient (Wildman–Crippen LogP) is 4.82. The number of hydrogen-bond acceptors (Lipinski definition) is 3. The molecular formula is C20H42O3. The molecule has 2 unspecified atom stereocenters. The van der Waals surface area contributed by atoms with Crippen molar-refractivity contribution in [2.24, 2.45) is 5.92 Å². The van der Waals surface area contributed by atoms with Gasteiger partial charge in [-0.25, -0.2) is 0 Å². The lowest BCUT2D eigenvalue weighted by molar-refractivity contribution is -0.0347. The molecule has 0 spiro atoms. The van der Waals surface area contributed by atoms with Crippen LogP contribution in [0.3, 0.4) is 0 Å². The largest absolute Gasteiger partial charge is 0.396 e. The Bertz CT molecular complexity index is 245. The van der Waals surface area contributed by atoms with Gasteiger partial charge in [-0.2, -0.15) is 0 Å². The molecule has 0 fully saturated rings. The summed E-state index contributed by atoms with van der Waals surface area (Å²) in [5, 5.41) is 28.8. The highest BCUT2D eigenvalue weighted by Crippen LogP contribution is 2.33. The van der Waals surface area contributed by atoms with Crippen LogP contribution in [0.2, 0.25) is 0 Å². The quantitative estimate of drug-likeness (QED) is 0.335. The Morgan fingerprint density at radius 3 is 1.74 bits per heavy atom. The third kappa shape index (κ3) is 12.0. The maximum atomic E-state index is 11.1. The number of rotatable bonds is 17. The number of aliphatic hydroxyl groups excluding tert-OH is 2. The van der Waals surface area contributed by atoms with Crippen LogP contribution in [-0.4, -0.2) is 34.1 Å². The highest BCUT2D eigenvalue weighted by atomic mass is 16.3. The lowest BCUT2D eigenvalue weighted by Crippen LogP contribution is -2.36. The average Bonchev–Trinajstić information content (AvgIpc) is 2.55. The number of unbranched alkanes of at least 4 members (excludes halogenated alkanes) is 8. The monoisotopic (exact) mass is 330 g/mol. The van der Waals surface area contributed by atoms with E-state index in [0.29, 0.717) is 12.5 Å². The molecule has 3 nitrogen and oxygen atoms in total. The summed E-state index contributed by atoms with van der Waals surface area (Å²) in [4.78, 5) is 0. The van der Waals surface area contributed by atoms with Gasteiger partial charge in [-0.05, 0) is 38.0 Å². The minimum absolute atomic E-state index is 0.285. The van der Waals surface area contributed by atoms with E-state index < -0.39 is 5.60 Å². The average molecular weight is 331 g/mol. The fourth-order valence-electron chi connectivity index (χ4n) is 3.36. The second kappa shape index (κ2) is 15.4. The summed E-state index contributed by atoms with van der Waals surface area (Å²) in [7, 11) is 0. The van der Waals surface area contributed by atoms with E-state index in [1.54, 1.807) is 0 Å². The van der Waals surface area contributed by atoms with Gasteiger partial charge in [0.2, 0.25) is 0 Å². The molecular weight excluding hydrogens is 288 g/mol. The van der Waals surface area contributed by atoms with Gasteiger partial charge >= 0.3 is 0 Å². The summed E-state index contributed by atoms with van der Waals surface area (Å²) in [6, 6.07) is 0. The van der Waals surface area contributed by atoms with Crippen LogP contribution in [0.5, 0.6) is 0 Å². The maximum absolute atomic E-state index is 11.1. The summed E-state index contributed by atoms with van der Waals surface area (Å²) in [5.74, 6) is 0.365. The van der Waals surface area contributed by atoms with Gasteiger partial charge in [-0.15, -0.1) is 0 Å². The van der Waals surface area contributed by atoms with Crippen molar-refractivity contribution < 1.29 is 15.3 Å². The smallest absolute Gasteiger partial charge is 0.0673 e. The molecule has 0 saturated heterocycles. The predicted molar refractivity (Wildman–Crippen MR) is 98.6 cm³/mol. The van der Waals surface area contributed by atoms with Crippen LogP contribution in [0.15, 0.2) is 0 Å². The van der Waals surface area contributed by atoms with Crippen LogP contribution in [0, 0.1) is 5.92 Å². The normalized spacial score (nSPS) is 15.5. The standard InChI is InChI=1S/C20H42O3/c1-3-4-15-20(23,16-11-7-9-13-18-22)19(2)14-10-6-5-8-12-17-21/h19,21-23H,3-18H2,1-2H3. The van der Waals surface area contributed by atoms with Gasteiger partial charge in [0.25, 0.3) is 0 Å². The van der Waals surface area contributed by atoms with Crippen LogP contribution >= 0.6 is 0 Å². The van der Waals surface area contributed by atoms with Crippen LogP contribution in [-0.2, 0) is 0 Å². The van der Waals surface area contributed by atoms with Crippen LogP contribution in [0.1, 0.15) is 104 Å². The fraction of sp³-hybridized carbons (Fsp3) is 1.00. The highest BCUT2D eigenvalue weighted by molar-refractivity contribution is 4.84. The second-order valence-corrected chi connectivity index (χ2v) is 7.28. The van der Waals surface area contributed by atoms with Crippen molar-refractivity contribution in [3.8, 4) is 0 Å². The molecule has 0 aromatic heterocycles. The summed E-state index contributed by atoms with van der Waals surface area (Å²) >= 11 is 0.